The van der Waals surface area contributed by atoms with Crippen LogP contribution in [0.1, 0.15) is 71.1 Å². The van der Waals surface area contributed by atoms with E-state index in [-0.39, 0.29) is 6.42 Å². The van der Waals surface area contributed by atoms with E-state index in [4.69, 9.17) is 9.47 Å². The number of carboxylic acids is 1. The number of hydrogen-bond donors (Lipinski definition) is 3. The Morgan fingerprint density at radius 2 is 1.69 bits per heavy atom. The molecule has 2 saturated heterocycles. The highest BCUT2D eigenvalue weighted by Crippen LogP contribution is 2.46. The largest absolute Gasteiger partial charge is 0.479 e. The van der Waals surface area contributed by atoms with Crippen molar-refractivity contribution in [3.8, 4) is 0 Å². The second kappa shape index (κ2) is 8.35. The summed E-state index contributed by atoms with van der Waals surface area (Å²) >= 11 is 0. The molecule has 0 aromatic rings. The minimum atomic E-state index is -3.03. The minimum Gasteiger partial charge on any atom is -0.479 e. The average Bonchev–Trinajstić information content (AvgIpc) is 3.01. The van der Waals surface area contributed by atoms with Gasteiger partial charge in [-0.3, -0.25) is 0 Å². The molecule has 0 amide bonds. The zero-order valence-electron chi connectivity index (χ0n) is 15.1. The molecule has 0 aromatic heterocycles. The Hall–Kier alpha value is -1.67. The zero-order valence-corrected chi connectivity index (χ0v) is 15.1. The first kappa shape index (κ1) is 20.6. The first-order chi connectivity index (χ1) is 12.3. The van der Waals surface area contributed by atoms with E-state index in [0.29, 0.717) is 6.42 Å². The van der Waals surface area contributed by atoms with Gasteiger partial charge in [0, 0.05) is 6.42 Å². The van der Waals surface area contributed by atoms with Crippen LogP contribution in [0.2, 0.25) is 0 Å². The molecule has 1 spiro atoms. The standard InChI is InChI=1S/C18H28O8/c1-2-3-4-5-6-7-8-9-10-12-11-17(16(23)25-12)18(24,15(21)22)13(19)14(20)26-17/h12-13,19,24H,2-11H2,1H3,(H,21,22). The molecule has 2 fully saturated rings. The maximum Gasteiger partial charge on any atom is 0.354 e. The number of unbranched alkanes of at least 4 members (excludes halogenated alkanes) is 7. The quantitative estimate of drug-likeness (QED) is 0.386. The van der Waals surface area contributed by atoms with E-state index in [1.165, 1.54) is 25.7 Å². The molecule has 148 valence electrons. The highest BCUT2D eigenvalue weighted by atomic mass is 16.7. The summed E-state index contributed by atoms with van der Waals surface area (Å²) in [7, 11) is 0. The second-order valence-corrected chi connectivity index (χ2v) is 7.22. The molecule has 8 nitrogen and oxygen atoms in total. The molecular weight excluding hydrogens is 344 g/mol. The lowest BCUT2D eigenvalue weighted by atomic mass is 9.78. The van der Waals surface area contributed by atoms with Crippen LogP contribution in [0.3, 0.4) is 0 Å². The molecule has 0 saturated carbocycles. The van der Waals surface area contributed by atoms with Gasteiger partial charge in [0.25, 0.3) is 5.60 Å². The fraction of sp³-hybridized carbons (Fsp3) is 0.833. The van der Waals surface area contributed by atoms with E-state index in [9.17, 15) is 29.7 Å². The smallest absolute Gasteiger partial charge is 0.354 e. The maximum absolute atomic E-state index is 12.2. The topological polar surface area (TPSA) is 130 Å². The van der Waals surface area contributed by atoms with E-state index in [2.05, 4.69) is 6.92 Å². The molecule has 3 N–H and O–H groups in total. The predicted octanol–water partition coefficient (Wildman–Crippen LogP) is 1.30. The molecule has 2 heterocycles. The maximum atomic E-state index is 12.2. The van der Waals surface area contributed by atoms with E-state index < -0.39 is 41.3 Å². The number of carbonyl (C=O) groups excluding carboxylic acids is 2. The SMILES string of the molecule is CCCCCCCCCCC1CC2(OC(=O)C(O)C2(O)C(=O)O)C(=O)O1. The van der Waals surface area contributed by atoms with Crippen LogP contribution in [0.5, 0.6) is 0 Å². The molecule has 0 aromatic carbocycles. The molecule has 2 aliphatic heterocycles. The summed E-state index contributed by atoms with van der Waals surface area (Å²) in [5.41, 5.74) is -5.41. The number of aliphatic hydroxyl groups is 2. The van der Waals surface area contributed by atoms with Crippen LogP contribution in [0.25, 0.3) is 0 Å². The molecule has 8 heteroatoms. The van der Waals surface area contributed by atoms with Crippen LogP contribution in [-0.4, -0.2) is 56.6 Å². The van der Waals surface area contributed by atoms with Gasteiger partial charge in [-0.25, -0.2) is 14.4 Å². The summed E-state index contributed by atoms with van der Waals surface area (Å²) in [4.78, 5) is 35.3. The molecule has 2 aliphatic rings. The predicted molar refractivity (Wildman–Crippen MR) is 89.1 cm³/mol. The molecule has 2 rings (SSSR count). The number of esters is 2. The minimum absolute atomic E-state index is 0.270. The number of ether oxygens (including phenoxy) is 2. The Balaban J connectivity index is 1.86. The fourth-order valence-electron chi connectivity index (χ4n) is 3.74. The van der Waals surface area contributed by atoms with Crippen molar-refractivity contribution in [1.29, 1.82) is 0 Å². The van der Waals surface area contributed by atoms with Crippen LogP contribution in [-0.2, 0) is 23.9 Å². The molecule has 4 atom stereocenters. The molecule has 0 radical (unpaired) electrons. The molecule has 26 heavy (non-hydrogen) atoms. The molecule has 0 bridgehead atoms. The Bertz CT molecular complexity index is 547. The van der Waals surface area contributed by atoms with Crippen molar-refractivity contribution in [2.75, 3.05) is 0 Å². The van der Waals surface area contributed by atoms with E-state index in [1.807, 2.05) is 0 Å². The number of aliphatic carboxylic acids is 1. The number of carbonyl (C=O) groups is 3. The molecular formula is C18H28O8. The average molecular weight is 372 g/mol. The van der Waals surface area contributed by atoms with Gasteiger partial charge in [-0.2, -0.15) is 0 Å². The van der Waals surface area contributed by atoms with Gasteiger partial charge in [-0.1, -0.05) is 51.9 Å². The van der Waals surface area contributed by atoms with Crippen LogP contribution in [0.4, 0.5) is 0 Å². The van der Waals surface area contributed by atoms with Crippen molar-refractivity contribution < 1.29 is 39.2 Å². The fourth-order valence-corrected chi connectivity index (χ4v) is 3.74. The number of rotatable bonds is 10. The number of carboxylic acid groups (broad SMARTS) is 1. The van der Waals surface area contributed by atoms with Crippen molar-refractivity contribution in [3.63, 3.8) is 0 Å². The molecule has 4 unspecified atom stereocenters. The Labute approximate surface area is 152 Å². The van der Waals surface area contributed by atoms with Crippen molar-refractivity contribution >= 4 is 17.9 Å². The lowest BCUT2D eigenvalue weighted by molar-refractivity contribution is -0.195. The third kappa shape index (κ3) is 3.57. The summed E-state index contributed by atoms with van der Waals surface area (Å²) < 4.78 is 9.98. The molecule has 0 aliphatic carbocycles. The van der Waals surface area contributed by atoms with Crippen molar-refractivity contribution in [2.45, 2.75) is 94.5 Å². The zero-order chi connectivity index (χ0) is 19.4. The van der Waals surface area contributed by atoms with E-state index >= 15 is 0 Å². The first-order valence-electron chi connectivity index (χ1n) is 9.37. The van der Waals surface area contributed by atoms with Crippen LogP contribution < -0.4 is 0 Å². The van der Waals surface area contributed by atoms with Crippen LogP contribution >= 0.6 is 0 Å². The lowest BCUT2D eigenvalue weighted by Crippen LogP contribution is -2.63. The van der Waals surface area contributed by atoms with Crippen LogP contribution in [0.15, 0.2) is 0 Å². The Morgan fingerprint density at radius 1 is 1.12 bits per heavy atom. The van der Waals surface area contributed by atoms with Gasteiger partial charge in [-0.15, -0.1) is 0 Å². The summed E-state index contributed by atoms with van der Waals surface area (Å²) in [6, 6.07) is 0. The first-order valence-corrected chi connectivity index (χ1v) is 9.37. The van der Waals surface area contributed by atoms with Gasteiger partial charge in [-0.05, 0) is 12.8 Å². The Kier molecular flexibility index (Phi) is 6.63. The summed E-state index contributed by atoms with van der Waals surface area (Å²) in [5, 5.41) is 29.4. The number of cyclic esters (lactones) is 1. The van der Waals surface area contributed by atoms with Crippen molar-refractivity contribution in [3.05, 3.63) is 0 Å². The van der Waals surface area contributed by atoms with Crippen molar-refractivity contribution in [2.24, 2.45) is 0 Å². The van der Waals surface area contributed by atoms with Crippen LogP contribution in [0, 0.1) is 0 Å². The highest BCUT2D eigenvalue weighted by molar-refractivity contribution is 6.02. The third-order valence-electron chi connectivity index (χ3n) is 5.33. The summed E-state index contributed by atoms with van der Waals surface area (Å²) in [6.45, 7) is 2.17. The van der Waals surface area contributed by atoms with Gasteiger partial charge >= 0.3 is 17.9 Å². The third-order valence-corrected chi connectivity index (χ3v) is 5.33. The van der Waals surface area contributed by atoms with Gasteiger partial charge in [0.1, 0.15) is 6.10 Å². The van der Waals surface area contributed by atoms with Crippen molar-refractivity contribution in [1.82, 2.24) is 0 Å². The van der Waals surface area contributed by atoms with Gasteiger partial charge < -0.3 is 24.8 Å². The number of aliphatic hydroxyl groups excluding tert-OH is 1. The van der Waals surface area contributed by atoms with Gasteiger partial charge in [0.05, 0.1) is 0 Å². The monoisotopic (exact) mass is 372 g/mol. The van der Waals surface area contributed by atoms with Gasteiger partial charge in [0.15, 0.2) is 6.10 Å². The normalized spacial score (nSPS) is 33.5. The summed E-state index contributed by atoms with van der Waals surface area (Å²) in [6.07, 6.45) is 6.10. The Morgan fingerprint density at radius 3 is 2.27 bits per heavy atom. The lowest BCUT2D eigenvalue weighted by Gasteiger charge is -2.30. The number of hydrogen-bond acceptors (Lipinski definition) is 7. The van der Waals surface area contributed by atoms with E-state index in [1.54, 1.807) is 0 Å². The highest BCUT2D eigenvalue weighted by Gasteiger charge is 2.78. The second-order valence-electron chi connectivity index (χ2n) is 7.22. The summed E-state index contributed by atoms with van der Waals surface area (Å²) in [5.74, 6) is -4.34. The van der Waals surface area contributed by atoms with E-state index in [0.717, 1.165) is 25.7 Å². The van der Waals surface area contributed by atoms with Gasteiger partial charge in [0.2, 0.25) is 5.60 Å².